The molecule has 0 aliphatic heterocycles. The van der Waals surface area contributed by atoms with E-state index in [0.29, 0.717) is 0 Å². The largest absolute Gasteiger partial charge is 0.397 e. The van der Waals surface area contributed by atoms with Crippen molar-refractivity contribution < 1.29 is 13.0 Å². The SMILES string of the molecule is N#Cc1cccc(S(=O)(=O)O)c1N. The van der Waals surface area contributed by atoms with Gasteiger partial charge in [-0.15, -0.1) is 0 Å². The van der Waals surface area contributed by atoms with Gasteiger partial charge in [-0.05, 0) is 12.1 Å². The van der Waals surface area contributed by atoms with E-state index in [1.54, 1.807) is 6.07 Å². The number of hydrogen-bond donors (Lipinski definition) is 2. The van der Waals surface area contributed by atoms with Crippen LogP contribution in [0.25, 0.3) is 0 Å². The van der Waals surface area contributed by atoms with Crippen molar-refractivity contribution in [2.24, 2.45) is 0 Å². The van der Waals surface area contributed by atoms with Crippen LogP contribution in [0.15, 0.2) is 23.1 Å². The quantitative estimate of drug-likeness (QED) is 0.501. The average Bonchev–Trinajstić information content (AvgIpc) is 2.02. The van der Waals surface area contributed by atoms with Gasteiger partial charge in [0.1, 0.15) is 11.0 Å². The summed E-state index contributed by atoms with van der Waals surface area (Å²) in [5, 5.41) is 8.50. The van der Waals surface area contributed by atoms with Crippen molar-refractivity contribution in [3.05, 3.63) is 23.8 Å². The Labute approximate surface area is 75.2 Å². The van der Waals surface area contributed by atoms with Crippen LogP contribution in [0.5, 0.6) is 0 Å². The molecule has 0 saturated carbocycles. The maximum Gasteiger partial charge on any atom is 0.296 e. The zero-order chi connectivity index (χ0) is 10.1. The molecule has 5 nitrogen and oxygen atoms in total. The number of anilines is 1. The zero-order valence-electron chi connectivity index (χ0n) is 6.43. The molecule has 0 aromatic heterocycles. The van der Waals surface area contributed by atoms with Crippen LogP contribution in [-0.2, 0) is 10.1 Å². The minimum absolute atomic E-state index is 0.0233. The Hall–Kier alpha value is -1.58. The number of para-hydroxylation sites is 1. The van der Waals surface area contributed by atoms with Crippen LogP contribution in [0.1, 0.15) is 5.56 Å². The number of nitriles is 1. The maximum absolute atomic E-state index is 10.7. The second-order valence-electron chi connectivity index (χ2n) is 2.30. The van der Waals surface area contributed by atoms with Crippen molar-refractivity contribution >= 4 is 15.8 Å². The first-order valence-electron chi connectivity index (χ1n) is 3.23. The lowest BCUT2D eigenvalue weighted by atomic mass is 10.2. The van der Waals surface area contributed by atoms with Gasteiger partial charge in [0.15, 0.2) is 0 Å². The Morgan fingerprint density at radius 1 is 1.46 bits per heavy atom. The molecule has 0 atom stereocenters. The molecule has 0 heterocycles. The third kappa shape index (κ3) is 1.77. The predicted octanol–water partition coefficient (Wildman–Crippen LogP) is 0.387. The van der Waals surface area contributed by atoms with Crippen LogP contribution < -0.4 is 5.73 Å². The first-order chi connectivity index (χ1) is 5.96. The fraction of sp³-hybridized carbons (Fsp3) is 0. The fourth-order valence-corrected chi connectivity index (χ4v) is 1.50. The second-order valence-corrected chi connectivity index (χ2v) is 3.69. The van der Waals surface area contributed by atoms with Gasteiger partial charge in [-0.1, -0.05) is 6.07 Å². The van der Waals surface area contributed by atoms with Crippen LogP contribution in [0.3, 0.4) is 0 Å². The van der Waals surface area contributed by atoms with E-state index in [1.807, 2.05) is 0 Å². The van der Waals surface area contributed by atoms with E-state index in [-0.39, 0.29) is 11.3 Å². The molecule has 0 unspecified atom stereocenters. The molecular formula is C7H6N2O3S. The highest BCUT2D eigenvalue weighted by atomic mass is 32.2. The molecule has 0 fully saturated rings. The van der Waals surface area contributed by atoms with E-state index in [1.165, 1.54) is 12.1 Å². The Balaban J connectivity index is 3.53. The van der Waals surface area contributed by atoms with Crippen LogP contribution in [-0.4, -0.2) is 13.0 Å². The third-order valence-electron chi connectivity index (χ3n) is 1.46. The second kappa shape index (κ2) is 3.05. The molecule has 1 aromatic rings. The van der Waals surface area contributed by atoms with Gasteiger partial charge < -0.3 is 5.73 Å². The van der Waals surface area contributed by atoms with Crippen LogP contribution in [0.4, 0.5) is 5.69 Å². The lowest BCUT2D eigenvalue weighted by molar-refractivity contribution is 0.483. The molecule has 3 N–H and O–H groups in total. The predicted molar refractivity (Wildman–Crippen MR) is 45.4 cm³/mol. The van der Waals surface area contributed by atoms with E-state index in [0.717, 1.165) is 6.07 Å². The van der Waals surface area contributed by atoms with Crippen molar-refractivity contribution in [2.75, 3.05) is 5.73 Å². The molecule has 13 heavy (non-hydrogen) atoms. The number of benzene rings is 1. The van der Waals surface area contributed by atoms with E-state index in [2.05, 4.69) is 0 Å². The molecule has 0 bridgehead atoms. The highest BCUT2D eigenvalue weighted by Crippen LogP contribution is 2.20. The maximum atomic E-state index is 10.7. The highest BCUT2D eigenvalue weighted by Gasteiger charge is 2.15. The summed E-state index contributed by atoms with van der Waals surface area (Å²) in [5.41, 5.74) is 5.11. The molecule has 0 saturated heterocycles. The van der Waals surface area contributed by atoms with Crippen LogP contribution in [0, 0.1) is 11.3 Å². The topological polar surface area (TPSA) is 104 Å². The Kier molecular flexibility index (Phi) is 2.23. The molecule has 1 rings (SSSR count). The molecule has 0 spiro atoms. The van der Waals surface area contributed by atoms with Gasteiger partial charge in [-0.3, -0.25) is 4.55 Å². The van der Waals surface area contributed by atoms with E-state index < -0.39 is 15.0 Å². The number of nitrogens with zero attached hydrogens (tertiary/aromatic N) is 1. The van der Waals surface area contributed by atoms with Crippen LogP contribution >= 0.6 is 0 Å². The van der Waals surface area contributed by atoms with Crippen LogP contribution in [0.2, 0.25) is 0 Å². The Morgan fingerprint density at radius 3 is 2.54 bits per heavy atom. The number of hydrogen-bond acceptors (Lipinski definition) is 4. The van der Waals surface area contributed by atoms with Crippen molar-refractivity contribution in [1.29, 1.82) is 5.26 Å². The lowest BCUT2D eigenvalue weighted by Gasteiger charge is -2.02. The molecule has 0 radical (unpaired) electrons. The lowest BCUT2D eigenvalue weighted by Crippen LogP contribution is -2.04. The van der Waals surface area contributed by atoms with Gasteiger partial charge in [0.25, 0.3) is 10.1 Å². The van der Waals surface area contributed by atoms with Crippen molar-refractivity contribution in [3.8, 4) is 6.07 Å². The normalized spacial score (nSPS) is 10.8. The summed E-state index contributed by atoms with van der Waals surface area (Å²) in [4.78, 5) is -0.438. The fourth-order valence-electron chi connectivity index (χ4n) is 0.866. The Morgan fingerprint density at radius 2 is 2.08 bits per heavy atom. The molecular weight excluding hydrogens is 192 g/mol. The van der Waals surface area contributed by atoms with Crippen molar-refractivity contribution in [2.45, 2.75) is 4.90 Å². The zero-order valence-corrected chi connectivity index (χ0v) is 7.25. The highest BCUT2D eigenvalue weighted by molar-refractivity contribution is 7.86. The minimum Gasteiger partial charge on any atom is -0.397 e. The first kappa shape index (κ1) is 9.51. The van der Waals surface area contributed by atoms with Crippen molar-refractivity contribution in [1.82, 2.24) is 0 Å². The minimum atomic E-state index is -4.34. The molecule has 0 aliphatic carbocycles. The smallest absolute Gasteiger partial charge is 0.296 e. The molecule has 0 aliphatic rings. The average molecular weight is 198 g/mol. The van der Waals surface area contributed by atoms with E-state index in [9.17, 15) is 8.42 Å². The summed E-state index contributed by atoms with van der Waals surface area (Å²) in [5.74, 6) is 0. The monoisotopic (exact) mass is 198 g/mol. The number of nitrogens with two attached hydrogens (primary N) is 1. The van der Waals surface area contributed by atoms with Gasteiger partial charge in [-0.2, -0.15) is 13.7 Å². The van der Waals surface area contributed by atoms with Gasteiger partial charge in [0.2, 0.25) is 0 Å². The Bertz CT molecular complexity index is 473. The number of nitrogen functional groups attached to an aromatic ring is 1. The van der Waals surface area contributed by atoms with E-state index in [4.69, 9.17) is 15.5 Å². The number of rotatable bonds is 1. The van der Waals surface area contributed by atoms with Gasteiger partial charge >= 0.3 is 0 Å². The summed E-state index contributed by atoms with van der Waals surface area (Å²) in [6.07, 6.45) is 0. The standard InChI is InChI=1S/C7H6N2O3S/c8-4-5-2-1-3-6(7(5)9)13(10,11)12/h1-3H,9H2,(H,10,11,12). The molecule has 0 amide bonds. The van der Waals surface area contributed by atoms with Crippen molar-refractivity contribution in [3.63, 3.8) is 0 Å². The molecule has 68 valence electrons. The third-order valence-corrected chi connectivity index (χ3v) is 2.38. The molecule has 6 heteroatoms. The van der Waals surface area contributed by atoms with Gasteiger partial charge in [0.05, 0.1) is 11.3 Å². The summed E-state index contributed by atoms with van der Waals surface area (Å²) in [6.45, 7) is 0. The first-order valence-corrected chi connectivity index (χ1v) is 4.67. The van der Waals surface area contributed by atoms with Gasteiger partial charge in [-0.25, -0.2) is 0 Å². The summed E-state index contributed by atoms with van der Waals surface area (Å²) in [7, 11) is -4.34. The van der Waals surface area contributed by atoms with Gasteiger partial charge in [0, 0.05) is 0 Å². The summed E-state index contributed by atoms with van der Waals surface area (Å²) >= 11 is 0. The summed E-state index contributed by atoms with van der Waals surface area (Å²) < 4.78 is 30.0. The summed E-state index contributed by atoms with van der Waals surface area (Å²) in [6, 6.07) is 5.53. The van der Waals surface area contributed by atoms with E-state index >= 15 is 0 Å². The molecule has 1 aromatic carbocycles.